The van der Waals surface area contributed by atoms with Gasteiger partial charge in [0.15, 0.2) is 17.5 Å². The summed E-state index contributed by atoms with van der Waals surface area (Å²) in [5.41, 5.74) is -6.76. The van der Waals surface area contributed by atoms with Crippen LogP contribution < -0.4 is 39.8 Å². The number of ketones is 1. The van der Waals surface area contributed by atoms with Gasteiger partial charge >= 0.3 is 59.5 Å². The number of nitrogens with one attached hydrogen (secondary N) is 1. The van der Waals surface area contributed by atoms with Crippen LogP contribution >= 0.6 is 7.82 Å². The van der Waals surface area contributed by atoms with Gasteiger partial charge in [0, 0.05) is 38.0 Å². The smallest absolute Gasteiger partial charge is 0.756 e. The zero-order chi connectivity index (χ0) is 51.0. The second-order valence-electron chi connectivity index (χ2n) is 18.6. The normalized spacial score (nSPS) is 30.0. The molecule has 7 rings (SSSR count). The summed E-state index contributed by atoms with van der Waals surface area (Å²) in [7, 11) is -5.35. The van der Waals surface area contributed by atoms with Gasteiger partial charge in [-0.05, 0) is 48.3 Å². The van der Waals surface area contributed by atoms with E-state index in [0.717, 1.165) is 6.92 Å². The topological polar surface area (TPSA) is 289 Å². The molecule has 3 fully saturated rings. The van der Waals surface area contributed by atoms with E-state index in [2.05, 4.69) is 9.84 Å². The number of rotatable bonds is 15. The number of aliphatic hydroxyl groups is 2. The monoisotopic (exact) mass is 1020 g/mol. The number of ether oxygens (including phenoxy) is 7. The molecular formula is C49H55NNaO19P. The Morgan fingerprint density at radius 3 is 2.08 bits per heavy atom. The van der Waals surface area contributed by atoms with E-state index >= 15 is 9.59 Å². The third kappa shape index (κ3) is 10.9. The zero-order valence-electron chi connectivity index (χ0n) is 40.1. The first-order valence-corrected chi connectivity index (χ1v) is 23.9. The molecule has 22 heteroatoms. The fourth-order valence-electron chi connectivity index (χ4n) is 10.6. The number of hydrogen-bond donors (Lipinski definition) is 4. The summed E-state index contributed by atoms with van der Waals surface area (Å²) >= 11 is 0. The van der Waals surface area contributed by atoms with Crippen LogP contribution in [0.15, 0.2) is 102 Å². The predicted molar refractivity (Wildman–Crippen MR) is 238 cm³/mol. The molecule has 0 radical (unpaired) electrons. The maximum absolute atomic E-state index is 15.7. The second-order valence-corrected chi connectivity index (χ2v) is 19.8. The second kappa shape index (κ2) is 21.7. The van der Waals surface area contributed by atoms with E-state index < -0.39 is 127 Å². The fourth-order valence-corrected chi connectivity index (χ4v) is 10.8. The van der Waals surface area contributed by atoms with Gasteiger partial charge in [-0.3, -0.25) is 23.5 Å². The van der Waals surface area contributed by atoms with Gasteiger partial charge in [-0.1, -0.05) is 92.7 Å². The van der Waals surface area contributed by atoms with Crippen LogP contribution in [0.25, 0.3) is 0 Å². The molecule has 3 aromatic rings. The molecule has 20 nitrogen and oxygen atoms in total. The van der Waals surface area contributed by atoms with Crippen molar-refractivity contribution < 1.29 is 121 Å². The zero-order valence-corrected chi connectivity index (χ0v) is 43.0. The van der Waals surface area contributed by atoms with Gasteiger partial charge in [0.2, 0.25) is 12.9 Å². The minimum absolute atomic E-state index is 0. The molecule has 1 aliphatic heterocycles. The summed E-state index contributed by atoms with van der Waals surface area (Å²) in [6.07, 6.45) is -11.8. The largest absolute Gasteiger partial charge is 1.00 e. The van der Waals surface area contributed by atoms with Gasteiger partial charge in [-0.15, -0.1) is 0 Å². The Kier molecular flexibility index (Phi) is 17.0. The first-order valence-electron chi connectivity index (χ1n) is 22.4. The quantitative estimate of drug-likeness (QED) is 0.0407. The summed E-state index contributed by atoms with van der Waals surface area (Å²) in [5, 5.41) is 28.5. The Bertz CT molecular complexity index is 2560. The molecule has 376 valence electrons. The number of alkyl carbamates (subject to hydrolysis) is 1. The first kappa shape index (κ1) is 55.5. The Balaban J connectivity index is 0.00000825. The third-order valence-corrected chi connectivity index (χ3v) is 14.5. The molecule has 1 saturated heterocycles. The van der Waals surface area contributed by atoms with Crippen molar-refractivity contribution in [2.24, 2.45) is 16.7 Å². The predicted octanol–water partition coefficient (Wildman–Crippen LogP) is 0.695. The van der Waals surface area contributed by atoms with E-state index in [9.17, 15) is 38.8 Å². The van der Waals surface area contributed by atoms with Crippen LogP contribution in [0.3, 0.4) is 0 Å². The average Bonchev–Trinajstić information content (AvgIpc) is 3.30. The number of benzene rings is 3. The molecule has 12 atom stereocenters. The summed E-state index contributed by atoms with van der Waals surface area (Å²) < 4.78 is 57.2. The van der Waals surface area contributed by atoms with Crippen molar-refractivity contribution >= 4 is 43.6 Å². The molecule has 3 aliphatic carbocycles. The van der Waals surface area contributed by atoms with Gasteiger partial charge in [0.05, 0.1) is 36.4 Å². The Morgan fingerprint density at radius 2 is 1.52 bits per heavy atom. The summed E-state index contributed by atoms with van der Waals surface area (Å²) in [5.74, 6) is -6.32. The molecular weight excluding hydrogens is 960 g/mol. The van der Waals surface area contributed by atoms with Gasteiger partial charge in [0.25, 0.3) is 7.82 Å². The van der Waals surface area contributed by atoms with E-state index in [-0.39, 0.29) is 71.5 Å². The van der Waals surface area contributed by atoms with Crippen LogP contribution in [0.4, 0.5) is 4.79 Å². The summed E-state index contributed by atoms with van der Waals surface area (Å²) in [4.78, 5) is 104. The molecule has 4 aliphatic rings. The fraction of sp³-hybridized carbons (Fsp3) is 0.469. The van der Waals surface area contributed by atoms with Crippen LogP contribution in [0.2, 0.25) is 0 Å². The number of Topliss-reactive ketones (excluding diaryl/α,β-unsaturated/α-hetero) is 1. The van der Waals surface area contributed by atoms with Crippen LogP contribution in [-0.2, 0) is 68.0 Å². The van der Waals surface area contributed by atoms with Crippen molar-refractivity contribution in [2.45, 2.75) is 115 Å². The molecule has 1 heterocycles. The van der Waals surface area contributed by atoms with Crippen molar-refractivity contribution in [3.05, 3.63) is 119 Å². The maximum atomic E-state index is 15.7. The number of aliphatic hydroxyl groups excluding tert-OH is 1. The van der Waals surface area contributed by atoms with Crippen molar-refractivity contribution in [3.63, 3.8) is 0 Å². The van der Waals surface area contributed by atoms with E-state index in [0.29, 0.717) is 5.56 Å². The van der Waals surface area contributed by atoms with Crippen molar-refractivity contribution in [3.8, 4) is 0 Å². The molecule has 1 unspecified atom stereocenters. The van der Waals surface area contributed by atoms with Gasteiger partial charge in [-0.25, -0.2) is 14.4 Å². The SMILES string of the molecule is CC(=O)O[C@H]1C(=O)[C@@]2(C)[C@H]([C@H](OCc3ccccc3)[C@]3(O)C[C@H](OC(=O)[C@H](OC(=O)c4ccccc4)[C@@H](NC(=O)OCOP(=O)([O-])O)c4ccccc4)C(C)=C1C3(C)C)[C@]1(OC(C)=O)CO[C@@H]1C[C@@H]2O.[Na+]. The van der Waals surface area contributed by atoms with Gasteiger partial charge in [0.1, 0.15) is 23.9 Å². The maximum Gasteiger partial charge on any atom is 1.00 e. The number of hydrogen-bond acceptors (Lipinski definition) is 18. The third-order valence-electron chi connectivity index (χ3n) is 14.1. The molecule has 3 aromatic carbocycles. The summed E-state index contributed by atoms with van der Waals surface area (Å²) in [6.45, 7) is 6.64. The molecule has 0 aromatic heterocycles. The number of esters is 4. The van der Waals surface area contributed by atoms with E-state index in [1.807, 2.05) is 0 Å². The Labute approximate surface area is 431 Å². The van der Waals surface area contributed by atoms with E-state index in [1.165, 1.54) is 69.3 Å². The molecule has 71 heavy (non-hydrogen) atoms. The molecule has 2 saturated carbocycles. The Hall–Kier alpha value is -4.83. The number of carbonyl (C=O) groups excluding carboxylic acids is 6. The minimum Gasteiger partial charge on any atom is -0.756 e. The van der Waals surface area contributed by atoms with Crippen LogP contribution in [-0.4, -0.2) is 112 Å². The number of phosphoric ester groups is 1. The number of carbonyl (C=O) groups is 6. The molecule has 4 N–H and O–H groups in total. The van der Waals surface area contributed by atoms with Crippen LogP contribution in [0, 0.1) is 16.7 Å². The van der Waals surface area contributed by atoms with Gasteiger partial charge in [-0.2, -0.15) is 0 Å². The van der Waals surface area contributed by atoms with Crippen LogP contribution in [0.1, 0.15) is 81.9 Å². The van der Waals surface area contributed by atoms with Crippen LogP contribution in [0.5, 0.6) is 0 Å². The molecule has 0 spiro atoms. The van der Waals surface area contributed by atoms with E-state index in [4.69, 9.17) is 38.1 Å². The van der Waals surface area contributed by atoms with E-state index in [1.54, 1.807) is 56.3 Å². The van der Waals surface area contributed by atoms with Crippen molar-refractivity contribution in [1.82, 2.24) is 5.32 Å². The first-order chi connectivity index (χ1) is 32.9. The Morgan fingerprint density at radius 1 is 0.915 bits per heavy atom. The number of amides is 1. The minimum atomic E-state index is -5.35. The average molecular weight is 1020 g/mol. The van der Waals surface area contributed by atoms with Crippen molar-refractivity contribution in [1.29, 1.82) is 0 Å². The summed E-state index contributed by atoms with van der Waals surface area (Å²) in [6, 6.07) is 22.3. The number of fused-ring (bicyclic) bond motifs is 5. The van der Waals surface area contributed by atoms with Gasteiger partial charge < -0.3 is 58.5 Å². The molecule has 2 bridgehead atoms. The molecule has 1 amide bonds. The number of phosphoric acid groups is 1. The standard InChI is InChI=1S/C49H56NO19P.Na/c1-27-33(67-44(56)39(68-43(55)32-20-14-9-15-21-32)37(31-18-12-8-13-19-31)50-45(57)64-26-65-70(59,60)61)23-49(58)42(62-24-30-16-10-7-11-17-30)40-47(6,34(53)22-35-48(40,25-63-35)69-29(3)52)41(54)38(66-28(2)51)36(27)46(49,4)5;/h7-21,33-35,37-40,42,53,58H,22-26H2,1-6H3,(H,50,57)(H2,59,60,61);/q;+1/p-1/t33-,34-,35+,37-,38+,39+,40-,42-,47+,48-,49+;/m0./s1. The van der Waals surface area contributed by atoms with Crippen molar-refractivity contribution in [2.75, 3.05) is 13.4 Å².